The predicted molar refractivity (Wildman–Crippen MR) is 111 cm³/mol. The number of aromatic nitrogens is 2. The Morgan fingerprint density at radius 1 is 1.21 bits per heavy atom. The third-order valence-corrected chi connectivity index (χ3v) is 5.12. The highest BCUT2D eigenvalue weighted by atomic mass is 16.5. The average Bonchev–Trinajstić information content (AvgIpc) is 2.74. The lowest BCUT2D eigenvalue weighted by molar-refractivity contribution is -0.125. The van der Waals surface area contributed by atoms with E-state index >= 15 is 0 Å². The molecule has 3 rings (SSSR count). The lowest BCUT2D eigenvalue weighted by Gasteiger charge is -2.31. The van der Waals surface area contributed by atoms with Gasteiger partial charge in [-0.3, -0.25) is 4.79 Å². The summed E-state index contributed by atoms with van der Waals surface area (Å²) >= 11 is 0. The number of carbonyl (C=O) groups excluding carboxylic acids is 1. The summed E-state index contributed by atoms with van der Waals surface area (Å²) in [5, 5.41) is 11.9. The van der Waals surface area contributed by atoms with E-state index in [0.717, 1.165) is 56.0 Å². The van der Waals surface area contributed by atoms with Gasteiger partial charge in [-0.25, -0.2) is 0 Å². The maximum atomic E-state index is 12.3. The lowest BCUT2D eigenvalue weighted by atomic mass is 9.96. The van der Waals surface area contributed by atoms with Gasteiger partial charge in [0.05, 0.1) is 5.69 Å². The number of anilines is 1. The summed E-state index contributed by atoms with van der Waals surface area (Å²) in [6.45, 7) is 7.82. The van der Waals surface area contributed by atoms with E-state index < -0.39 is 0 Å². The van der Waals surface area contributed by atoms with Gasteiger partial charge in [-0.05, 0) is 51.3 Å². The fraction of sp³-hybridized carbons (Fsp3) is 0.500. The minimum Gasteiger partial charge on any atom is -0.382 e. The zero-order valence-corrected chi connectivity index (χ0v) is 16.9. The average molecular weight is 383 g/mol. The van der Waals surface area contributed by atoms with Crippen LogP contribution < -0.4 is 10.2 Å². The fourth-order valence-electron chi connectivity index (χ4n) is 3.50. The van der Waals surface area contributed by atoms with Crippen LogP contribution in [0.25, 0.3) is 11.3 Å². The smallest absolute Gasteiger partial charge is 0.223 e. The molecule has 1 aliphatic heterocycles. The number of rotatable bonds is 8. The first-order chi connectivity index (χ1) is 13.7. The van der Waals surface area contributed by atoms with Crippen molar-refractivity contribution < 1.29 is 9.53 Å². The number of hydrogen-bond acceptors (Lipinski definition) is 5. The maximum absolute atomic E-state index is 12.3. The summed E-state index contributed by atoms with van der Waals surface area (Å²) in [6, 6.07) is 12.3. The Morgan fingerprint density at radius 2 is 2.04 bits per heavy atom. The molecule has 150 valence electrons. The molecule has 1 saturated heterocycles. The van der Waals surface area contributed by atoms with Gasteiger partial charge < -0.3 is 15.0 Å². The highest BCUT2D eigenvalue weighted by Gasteiger charge is 2.25. The van der Waals surface area contributed by atoms with Crippen LogP contribution in [0.1, 0.15) is 31.7 Å². The fourth-order valence-corrected chi connectivity index (χ4v) is 3.50. The van der Waals surface area contributed by atoms with Gasteiger partial charge in [-0.2, -0.15) is 0 Å². The summed E-state index contributed by atoms with van der Waals surface area (Å²) < 4.78 is 5.30. The van der Waals surface area contributed by atoms with Crippen molar-refractivity contribution in [1.29, 1.82) is 0 Å². The number of amides is 1. The second-order valence-corrected chi connectivity index (χ2v) is 7.25. The molecule has 1 N–H and O–H groups in total. The number of ether oxygens (including phenoxy) is 1. The molecule has 1 amide bonds. The molecule has 0 aliphatic carbocycles. The van der Waals surface area contributed by atoms with Crippen molar-refractivity contribution in [1.82, 2.24) is 15.5 Å². The van der Waals surface area contributed by atoms with Crippen molar-refractivity contribution in [3.05, 3.63) is 42.0 Å². The predicted octanol–water partition coefficient (Wildman–Crippen LogP) is 3.21. The molecule has 2 aromatic rings. The SMILES string of the molecule is CCOCCCNC(=O)C1CCN(c2ccc(-c3cccc(C)c3)nn2)CC1. The van der Waals surface area contributed by atoms with Crippen molar-refractivity contribution in [2.24, 2.45) is 5.92 Å². The van der Waals surface area contributed by atoms with Crippen LogP contribution in [0.4, 0.5) is 5.82 Å². The standard InChI is InChI=1S/C22H30N4O2/c1-3-28-15-5-12-23-22(27)18-10-13-26(14-11-18)21-9-8-20(24-25-21)19-7-4-6-17(2)16-19/h4,6-9,16,18H,3,5,10-15H2,1-2H3,(H,23,27). The Hall–Kier alpha value is -2.47. The van der Waals surface area contributed by atoms with E-state index in [4.69, 9.17) is 4.74 Å². The van der Waals surface area contributed by atoms with Gasteiger partial charge in [0, 0.05) is 44.3 Å². The topological polar surface area (TPSA) is 67.3 Å². The normalized spacial score (nSPS) is 14.9. The molecule has 1 aromatic heterocycles. The Kier molecular flexibility index (Phi) is 7.37. The van der Waals surface area contributed by atoms with E-state index in [2.05, 4.69) is 45.5 Å². The van der Waals surface area contributed by atoms with Crippen molar-refractivity contribution in [3.8, 4) is 11.3 Å². The molecular formula is C22H30N4O2. The van der Waals surface area contributed by atoms with Gasteiger partial charge in [0.25, 0.3) is 0 Å². The third kappa shape index (κ3) is 5.52. The maximum Gasteiger partial charge on any atom is 0.223 e. The van der Waals surface area contributed by atoms with Crippen LogP contribution in [0.5, 0.6) is 0 Å². The van der Waals surface area contributed by atoms with Gasteiger partial charge in [-0.15, -0.1) is 10.2 Å². The molecule has 0 spiro atoms. The van der Waals surface area contributed by atoms with E-state index in [1.54, 1.807) is 0 Å². The van der Waals surface area contributed by atoms with Crippen molar-refractivity contribution >= 4 is 11.7 Å². The van der Waals surface area contributed by atoms with Crippen LogP contribution in [0.2, 0.25) is 0 Å². The van der Waals surface area contributed by atoms with E-state index in [0.29, 0.717) is 13.2 Å². The lowest BCUT2D eigenvalue weighted by Crippen LogP contribution is -2.41. The van der Waals surface area contributed by atoms with Crippen molar-refractivity contribution in [2.45, 2.75) is 33.1 Å². The second-order valence-electron chi connectivity index (χ2n) is 7.25. The summed E-state index contributed by atoms with van der Waals surface area (Å²) in [5.74, 6) is 1.13. The molecule has 1 fully saturated rings. The van der Waals surface area contributed by atoms with Crippen LogP contribution in [0, 0.1) is 12.8 Å². The summed E-state index contributed by atoms with van der Waals surface area (Å²) in [7, 11) is 0. The molecule has 0 bridgehead atoms. The van der Waals surface area contributed by atoms with Crippen molar-refractivity contribution in [3.63, 3.8) is 0 Å². The number of piperidine rings is 1. The first-order valence-corrected chi connectivity index (χ1v) is 10.2. The largest absolute Gasteiger partial charge is 0.382 e. The van der Waals surface area contributed by atoms with E-state index in [1.165, 1.54) is 5.56 Å². The molecule has 0 unspecified atom stereocenters. The number of hydrogen-bond donors (Lipinski definition) is 1. The monoisotopic (exact) mass is 382 g/mol. The molecule has 1 aromatic carbocycles. The molecule has 2 heterocycles. The number of carbonyl (C=O) groups is 1. The van der Waals surface area contributed by atoms with Crippen LogP contribution in [0.3, 0.4) is 0 Å². The first-order valence-electron chi connectivity index (χ1n) is 10.2. The van der Waals surface area contributed by atoms with Gasteiger partial charge in [0.2, 0.25) is 5.91 Å². The van der Waals surface area contributed by atoms with E-state index in [1.807, 2.05) is 25.1 Å². The van der Waals surface area contributed by atoms with Gasteiger partial charge in [0.1, 0.15) is 0 Å². The third-order valence-electron chi connectivity index (χ3n) is 5.12. The highest BCUT2D eigenvalue weighted by Crippen LogP contribution is 2.23. The molecule has 0 saturated carbocycles. The number of benzene rings is 1. The first kappa shape index (κ1) is 20.3. The Balaban J connectivity index is 1.47. The van der Waals surface area contributed by atoms with Crippen LogP contribution in [-0.4, -0.2) is 49.0 Å². The minimum atomic E-state index is 0.0860. The Morgan fingerprint density at radius 3 is 2.71 bits per heavy atom. The molecule has 6 nitrogen and oxygen atoms in total. The van der Waals surface area contributed by atoms with Crippen LogP contribution in [0.15, 0.2) is 36.4 Å². The zero-order chi connectivity index (χ0) is 19.8. The number of nitrogens with zero attached hydrogens (tertiary/aromatic N) is 3. The van der Waals surface area contributed by atoms with Crippen LogP contribution >= 0.6 is 0 Å². The molecular weight excluding hydrogens is 352 g/mol. The second kappa shape index (κ2) is 10.2. The van der Waals surface area contributed by atoms with Gasteiger partial charge >= 0.3 is 0 Å². The molecule has 28 heavy (non-hydrogen) atoms. The Bertz CT molecular complexity index is 755. The summed E-state index contributed by atoms with van der Waals surface area (Å²) in [6.07, 6.45) is 2.55. The Labute approximate surface area is 167 Å². The van der Waals surface area contributed by atoms with E-state index in [-0.39, 0.29) is 11.8 Å². The number of aryl methyl sites for hydroxylation is 1. The minimum absolute atomic E-state index is 0.0860. The highest BCUT2D eigenvalue weighted by molar-refractivity contribution is 5.78. The van der Waals surface area contributed by atoms with Crippen LogP contribution in [-0.2, 0) is 9.53 Å². The molecule has 0 atom stereocenters. The quantitative estimate of drug-likeness (QED) is 0.710. The van der Waals surface area contributed by atoms with Gasteiger partial charge in [0.15, 0.2) is 5.82 Å². The van der Waals surface area contributed by atoms with Crippen molar-refractivity contribution in [2.75, 3.05) is 37.7 Å². The van der Waals surface area contributed by atoms with Gasteiger partial charge in [-0.1, -0.05) is 23.8 Å². The number of nitrogens with one attached hydrogen (secondary N) is 1. The zero-order valence-electron chi connectivity index (χ0n) is 16.9. The molecule has 1 aliphatic rings. The van der Waals surface area contributed by atoms with E-state index in [9.17, 15) is 4.79 Å². The summed E-state index contributed by atoms with van der Waals surface area (Å²) in [4.78, 5) is 14.5. The molecule has 0 radical (unpaired) electrons. The summed E-state index contributed by atoms with van der Waals surface area (Å²) in [5.41, 5.74) is 3.18. The molecule has 6 heteroatoms.